The number of aryl methyl sites for hydroxylation is 2. The van der Waals surface area contributed by atoms with Gasteiger partial charge in [-0.2, -0.15) is 0 Å². The fraction of sp³-hybridized carbons (Fsp3) is 0.368. The molecule has 0 unspecified atom stereocenters. The molecule has 0 bridgehead atoms. The Morgan fingerprint density at radius 3 is 2.57 bits per heavy atom. The van der Waals surface area contributed by atoms with Crippen molar-refractivity contribution in [3.8, 4) is 0 Å². The van der Waals surface area contributed by atoms with Crippen LogP contribution in [0.25, 0.3) is 0 Å². The van der Waals surface area contributed by atoms with E-state index >= 15 is 0 Å². The van der Waals surface area contributed by atoms with Crippen LogP contribution in [0.1, 0.15) is 35.6 Å². The van der Waals surface area contributed by atoms with E-state index < -0.39 is 0 Å². The lowest BCUT2D eigenvalue weighted by Crippen LogP contribution is -2.18. The van der Waals surface area contributed by atoms with Gasteiger partial charge < -0.3 is 10.6 Å². The van der Waals surface area contributed by atoms with Crippen LogP contribution in [0.15, 0.2) is 42.5 Å². The summed E-state index contributed by atoms with van der Waals surface area (Å²) in [7, 11) is 0. The molecule has 0 amide bonds. The second-order valence-electron chi connectivity index (χ2n) is 5.71. The van der Waals surface area contributed by atoms with Gasteiger partial charge in [0.1, 0.15) is 0 Å². The molecule has 1 heterocycles. The van der Waals surface area contributed by atoms with Gasteiger partial charge >= 0.3 is 0 Å². The molecule has 2 aromatic rings. The Morgan fingerprint density at radius 2 is 1.71 bits per heavy atom. The molecule has 2 aromatic carbocycles. The molecule has 0 aliphatic carbocycles. The molecule has 3 rings (SSSR count). The third-order valence-corrected chi connectivity index (χ3v) is 4.29. The van der Waals surface area contributed by atoms with E-state index in [0.717, 1.165) is 26.1 Å². The first-order valence-electron chi connectivity index (χ1n) is 8.00. The average Bonchev–Trinajstić information content (AvgIpc) is 2.55. The van der Waals surface area contributed by atoms with Crippen molar-refractivity contribution in [1.82, 2.24) is 5.32 Å². The maximum atomic E-state index is 3.60. The highest BCUT2D eigenvalue weighted by Gasteiger charge is 2.11. The van der Waals surface area contributed by atoms with E-state index in [1.54, 1.807) is 0 Å². The van der Waals surface area contributed by atoms with E-state index in [-0.39, 0.29) is 0 Å². The molecule has 2 nitrogen and oxygen atoms in total. The van der Waals surface area contributed by atoms with Crippen LogP contribution in [-0.4, -0.2) is 6.54 Å². The lowest BCUT2D eigenvalue weighted by Gasteiger charge is -2.21. The van der Waals surface area contributed by atoms with Gasteiger partial charge in [0.15, 0.2) is 0 Å². The van der Waals surface area contributed by atoms with Crippen LogP contribution in [0.5, 0.6) is 0 Å². The van der Waals surface area contributed by atoms with Crippen molar-refractivity contribution in [1.29, 1.82) is 0 Å². The lowest BCUT2D eigenvalue weighted by molar-refractivity contribution is 0.685. The largest absolute Gasteiger partial charge is 0.385 e. The minimum atomic E-state index is 0.925. The Bertz CT molecular complexity index is 604. The van der Waals surface area contributed by atoms with Crippen LogP contribution in [0.3, 0.4) is 0 Å². The van der Waals surface area contributed by atoms with Crippen LogP contribution >= 0.6 is 0 Å². The minimum absolute atomic E-state index is 0.925. The van der Waals surface area contributed by atoms with Crippen molar-refractivity contribution in [3.63, 3.8) is 0 Å². The Balaban J connectivity index is 1.66. The maximum Gasteiger partial charge on any atom is 0.0418 e. The number of rotatable bonds is 5. The van der Waals surface area contributed by atoms with E-state index in [4.69, 9.17) is 0 Å². The second kappa shape index (κ2) is 6.77. The van der Waals surface area contributed by atoms with Gasteiger partial charge in [-0.3, -0.25) is 0 Å². The molecule has 2 N–H and O–H groups in total. The van der Waals surface area contributed by atoms with Crippen LogP contribution in [0, 0.1) is 0 Å². The summed E-state index contributed by atoms with van der Waals surface area (Å²) in [5.41, 5.74) is 7.08. The molecular formula is C19H24N2. The second-order valence-corrected chi connectivity index (χ2v) is 5.71. The maximum absolute atomic E-state index is 3.60. The fourth-order valence-corrected chi connectivity index (χ4v) is 3.13. The molecule has 0 fully saturated rings. The number of fused-ring (bicyclic) bond motifs is 1. The van der Waals surface area contributed by atoms with E-state index in [9.17, 15) is 0 Å². The minimum Gasteiger partial charge on any atom is -0.385 e. The highest BCUT2D eigenvalue weighted by atomic mass is 14.9. The van der Waals surface area contributed by atoms with Gasteiger partial charge in [-0.15, -0.1) is 0 Å². The van der Waals surface area contributed by atoms with E-state index in [1.165, 1.54) is 40.8 Å². The third kappa shape index (κ3) is 3.27. The number of nitrogens with one attached hydrogen (secondary N) is 2. The molecule has 0 radical (unpaired) electrons. The van der Waals surface area contributed by atoms with Gasteiger partial charge in [0.2, 0.25) is 0 Å². The third-order valence-electron chi connectivity index (χ3n) is 4.29. The highest BCUT2D eigenvalue weighted by Crippen LogP contribution is 2.26. The van der Waals surface area contributed by atoms with Gasteiger partial charge in [0.05, 0.1) is 0 Å². The summed E-state index contributed by atoms with van der Waals surface area (Å²) >= 11 is 0. The number of hydrogen-bond donors (Lipinski definition) is 2. The summed E-state index contributed by atoms with van der Waals surface area (Å²) < 4.78 is 0. The molecule has 2 heteroatoms. The standard InChI is InChI=1S/C19H24N2/c1-2-15-7-3-4-8-17(15)13-20-14-18-10-5-9-16-11-6-12-21-19(16)18/h3-5,7-10,20-21H,2,6,11-14H2,1H3. The number of benzene rings is 2. The topological polar surface area (TPSA) is 24.1 Å². The summed E-state index contributed by atoms with van der Waals surface area (Å²) in [5.74, 6) is 0. The van der Waals surface area contributed by atoms with Crippen molar-refractivity contribution < 1.29 is 0 Å². The Kier molecular flexibility index (Phi) is 4.56. The first-order valence-corrected chi connectivity index (χ1v) is 8.00. The van der Waals surface area contributed by atoms with Gasteiger partial charge in [-0.1, -0.05) is 49.4 Å². The summed E-state index contributed by atoms with van der Waals surface area (Å²) in [6.45, 7) is 5.18. The Labute approximate surface area is 127 Å². The van der Waals surface area contributed by atoms with Gasteiger partial charge in [0.25, 0.3) is 0 Å². The normalized spacial score (nSPS) is 13.6. The summed E-state index contributed by atoms with van der Waals surface area (Å²) in [6.07, 6.45) is 3.54. The zero-order valence-corrected chi connectivity index (χ0v) is 12.8. The van der Waals surface area contributed by atoms with Crippen molar-refractivity contribution in [2.24, 2.45) is 0 Å². The molecule has 0 saturated carbocycles. The Morgan fingerprint density at radius 1 is 0.952 bits per heavy atom. The van der Waals surface area contributed by atoms with Gasteiger partial charge in [-0.05, 0) is 41.5 Å². The lowest BCUT2D eigenvalue weighted by atomic mass is 9.99. The first-order chi connectivity index (χ1) is 10.4. The number of hydrogen-bond acceptors (Lipinski definition) is 2. The molecule has 0 spiro atoms. The fourth-order valence-electron chi connectivity index (χ4n) is 3.13. The molecule has 0 aromatic heterocycles. The summed E-state index contributed by atoms with van der Waals surface area (Å²) in [6, 6.07) is 15.4. The van der Waals surface area contributed by atoms with Crippen LogP contribution < -0.4 is 10.6 Å². The summed E-state index contributed by atoms with van der Waals surface area (Å²) in [5, 5.41) is 7.17. The van der Waals surface area contributed by atoms with E-state index in [0.29, 0.717) is 0 Å². The highest BCUT2D eigenvalue weighted by molar-refractivity contribution is 5.59. The van der Waals surface area contributed by atoms with Gasteiger partial charge in [-0.25, -0.2) is 0 Å². The van der Waals surface area contributed by atoms with E-state index in [1.807, 2.05) is 0 Å². The molecule has 1 aliphatic heterocycles. The average molecular weight is 280 g/mol. The molecule has 21 heavy (non-hydrogen) atoms. The molecule has 110 valence electrons. The van der Waals surface area contributed by atoms with Crippen molar-refractivity contribution in [2.45, 2.75) is 39.3 Å². The first kappa shape index (κ1) is 14.2. The quantitative estimate of drug-likeness (QED) is 0.868. The molecular weight excluding hydrogens is 256 g/mol. The van der Waals surface area contributed by atoms with Crippen molar-refractivity contribution >= 4 is 5.69 Å². The predicted octanol–water partition coefficient (Wildman–Crippen LogP) is 3.90. The summed E-state index contributed by atoms with van der Waals surface area (Å²) in [4.78, 5) is 0. The molecule has 0 atom stereocenters. The number of para-hydroxylation sites is 1. The monoisotopic (exact) mass is 280 g/mol. The predicted molar refractivity (Wildman–Crippen MR) is 89.6 cm³/mol. The van der Waals surface area contributed by atoms with Gasteiger partial charge in [0, 0.05) is 25.3 Å². The zero-order valence-electron chi connectivity index (χ0n) is 12.8. The van der Waals surface area contributed by atoms with Crippen LogP contribution in [0.4, 0.5) is 5.69 Å². The smallest absolute Gasteiger partial charge is 0.0418 e. The molecule has 1 aliphatic rings. The zero-order chi connectivity index (χ0) is 14.5. The van der Waals surface area contributed by atoms with Crippen molar-refractivity contribution in [2.75, 3.05) is 11.9 Å². The van der Waals surface area contributed by atoms with Crippen molar-refractivity contribution in [3.05, 3.63) is 64.7 Å². The number of anilines is 1. The van der Waals surface area contributed by atoms with E-state index in [2.05, 4.69) is 60.0 Å². The SMILES string of the molecule is CCc1ccccc1CNCc1cccc2c1NCCC2. The van der Waals surface area contributed by atoms with Crippen LogP contribution in [-0.2, 0) is 25.9 Å². The molecule has 0 saturated heterocycles. The Hall–Kier alpha value is -1.80. The van der Waals surface area contributed by atoms with Crippen LogP contribution in [0.2, 0.25) is 0 Å².